The SMILES string of the molecule is CC(C)c1cc(C2CCCN2Cc2cc(F)ccc2F)on1. The van der Waals surface area contributed by atoms with E-state index in [1.807, 2.05) is 6.07 Å². The molecule has 1 fully saturated rings. The van der Waals surface area contributed by atoms with Crippen LogP contribution in [0.5, 0.6) is 0 Å². The Morgan fingerprint density at radius 3 is 2.86 bits per heavy atom. The maximum atomic E-state index is 13.8. The summed E-state index contributed by atoms with van der Waals surface area (Å²) in [6.45, 7) is 5.36. The third kappa shape index (κ3) is 3.04. The molecule has 1 aromatic heterocycles. The predicted molar refractivity (Wildman–Crippen MR) is 79.3 cm³/mol. The van der Waals surface area contributed by atoms with Crippen LogP contribution >= 0.6 is 0 Å². The van der Waals surface area contributed by atoms with Gasteiger partial charge >= 0.3 is 0 Å². The molecule has 5 heteroatoms. The lowest BCUT2D eigenvalue weighted by Crippen LogP contribution is -2.23. The molecule has 1 atom stereocenters. The van der Waals surface area contributed by atoms with Crippen molar-refractivity contribution >= 4 is 0 Å². The van der Waals surface area contributed by atoms with Gasteiger partial charge in [0.2, 0.25) is 0 Å². The molecule has 1 aliphatic heterocycles. The van der Waals surface area contributed by atoms with E-state index in [0.29, 0.717) is 18.0 Å². The molecule has 0 bridgehead atoms. The van der Waals surface area contributed by atoms with E-state index in [1.165, 1.54) is 12.1 Å². The first kappa shape index (κ1) is 15.2. The summed E-state index contributed by atoms with van der Waals surface area (Å²) in [4.78, 5) is 2.13. The summed E-state index contributed by atoms with van der Waals surface area (Å²) < 4.78 is 32.6. The van der Waals surface area contributed by atoms with Crippen LogP contribution < -0.4 is 0 Å². The standard InChI is InChI=1S/C17H20F2N2O/c1-11(2)15-9-17(22-20-15)16-4-3-7-21(16)10-12-8-13(18)5-6-14(12)19/h5-6,8-9,11,16H,3-4,7,10H2,1-2H3. The molecule has 22 heavy (non-hydrogen) atoms. The highest BCUT2D eigenvalue weighted by atomic mass is 19.1. The number of likely N-dealkylation sites (tertiary alicyclic amines) is 1. The van der Waals surface area contributed by atoms with Gasteiger partial charge in [0, 0.05) is 18.2 Å². The zero-order valence-electron chi connectivity index (χ0n) is 12.9. The second-order valence-corrected chi connectivity index (χ2v) is 6.17. The molecule has 2 heterocycles. The fourth-order valence-electron chi connectivity index (χ4n) is 2.95. The third-order valence-electron chi connectivity index (χ3n) is 4.21. The van der Waals surface area contributed by atoms with Crippen molar-refractivity contribution in [3.05, 3.63) is 52.9 Å². The van der Waals surface area contributed by atoms with Crippen LogP contribution in [-0.4, -0.2) is 16.6 Å². The Bertz CT molecular complexity index is 654. The van der Waals surface area contributed by atoms with Crippen LogP contribution in [0.25, 0.3) is 0 Å². The molecule has 0 spiro atoms. The Kier molecular flexibility index (Phi) is 4.25. The Morgan fingerprint density at radius 2 is 2.14 bits per heavy atom. The number of nitrogens with zero attached hydrogens (tertiary/aromatic N) is 2. The number of benzene rings is 1. The minimum atomic E-state index is -0.408. The first-order valence-electron chi connectivity index (χ1n) is 7.69. The lowest BCUT2D eigenvalue weighted by atomic mass is 10.1. The average molecular weight is 306 g/mol. The van der Waals surface area contributed by atoms with Crippen LogP contribution in [0, 0.1) is 11.6 Å². The highest BCUT2D eigenvalue weighted by Gasteiger charge is 2.30. The predicted octanol–water partition coefficient (Wildman–Crippen LogP) is 4.41. The lowest BCUT2D eigenvalue weighted by Gasteiger charge is -2.22. The summed E-state index contributed by atoms with van der Waals surface area (Å²) in [5, 5.41) is 4.10. The van der Waals surface area contributed by atoms with E-state index in [9.17, 15) is 8.78 Å². The Hall–Kier alpha value is -1.75. The van der Waals surface area contributed by atoms with Crippen molar-refractivity contribution < 1.29 is 13.3 Å². The third-order valence-corrected chi connectivity index (χ3v) is 4.21. The molecule has 0 radical (unpaired) electrons. The van der Waals surface area contributed by atoms with E-state index in [2.05, 4.69) is 23.9 Å². The summed E-state index contributed by atoms with van der Waals surface area (Å²) in [5.41, 5.74) is 1.31. The molecule has 1 aliphatic rings. The zero-order valence-corrected chi connectivity index (χ0v) is 12.9. The van der Waals surface area contributed by atoms with Gasteiger partial charge in [0.15, 0.2) is 5.76 Å². The molecule has 1 saturated heterocycles. The molecule has 0 amide bonds. The summed E-state index contributed by atoms with van der Waals surface area (Å²) in [6.07, 6.45) is 1.96. The van der Waals surface area contributed by atoms with Crippen LogP contribution in [-0.2, 0) is 6.54 Å². The van der Waals surface area contributed by atoms with E-state index < -0.39 is 5.82 Å². The lowest BCUT2D eigenvalue weighted by molar-refractivity contribution is 0.204. The van der Waals surface area contributed by atoms with Gasteiger partial charge in [0.1, 0.15) is 11.6 Å². The summed E-state index contributed by atoms with van der Waals surface area (Å²) in [6, 6.07) is 5.66. The van der Waals surface area contributed by atoms with Crippen molar-refractivity contribution in [2.24, 2.45) is 0 Å². The molecule has 2 aromatic rings. The summed E-state index contributed by atoms with van der Waals surface area (Å²) in [7, 11) is 0. The molecule has 0 aliphatic carbocycles. The molecule has 1 unspecified atom stereocenters. The second kappa shape index (κ2) is 6.16. The van der Waals surface area contributed by atoms with Crippen LogP contribution in [0.1, 0.15) is 55.7 Å². The molecular weight excluding hydrogens is 286 g/mol. The van der Waals surface area contributed by atoms with Crippen molar-refractivity contribution in [1.82, 2.24) is 10.1 Å². The van der Waals surface area contributed by atoms with Gasteiger partial charge in [0.25, 0.3) is 0 Å². The van der Waals surface area contributed by atoms with Crippen molar-refractivity contribution in [2.75, 3.05) is 6.54 Å². The van der Waals surface area contributed by atoms with Gasteiger partial charge < -0.3 is 4.52 Å². The minimum Gasteiger partial charge on any atom is -0.359 e. The van der Waals surface area contributed by atoms with Gasteiger partial charge in [-0.25, -0.2) is 8.78 Å². The number of aromatic nitrogens is 1. The summed E-state index contributed by atoms with van der Waals surface area (Å²) in [5.74, 6) is 0.354. The van der Waals surface area contributed by atoms with Crippen molar-refractivity contribution in [3.8, 4) is 0 Å². The number of halogens is 2. The monoisotopic (exact) mass is 306 g/mol. The highest BCUT2D eigenvalue weighted by Crippen LogP contribution is 2.34. The van der Waals surface area contributed by atoms with Crippen molar-refractivity contribution in [3.63, 3.8) is 0 Å². The fourth-order valence-corrected chi connectivity index (χ4v) is 2.95. The first-order chi connectivity index (χ1) is 10.5. The van der Waals surface area contributed by atoms with Gasteiger partial charge in [-0.1, -0.05) is 19.0 Å². The average Bonchev–Trinajstić information content (AvgIpc) is 3.11. The highest BCUT2D eigenvalue weighted by molar-refractivity contribution is 5.20. The molecule has 3 rings (SSSR count). The van der Waals surface area contributed by atoms with Gasteiger partial charge in [0.05, 0.1) is 11.7 Å². The minimum absolute atomic E-state index is 0.0858. The van der Waals surface area contributed by atoms with Crippen LogP contribution in [0.4, 0.5) is 8.78 Å². The fraction of sp³-hybridized carbons (Fsp3) is 0.471. The molecule has 1 aromatic carbocycles. The number of hydrogen-bond donors (Lipinski definition) is 0. The van der Waals surface area contributed by atoms with Crippen LogP contribution in [0.3, 0.4) is 0 Å². The largest absolute Gasteiger partial charge is 0.359 e. The van der Waals surface area contributed by atoms with E-state index in [0.717, 1.165) is 36.9 Å². The molecule has 0 saturated carbocycles. The van der Waals surface area contributed by atoms with Gasteiger partial charge in [-0.05, 0) is 43.5 Å². The normalized spacial score (nSPS) is 19.2. The Morgan fingerprint density at radius 1 is 1.32 bits per heavy atom. The summed E-state index contributed by atoms with van der Waals surface area (Å²) >= 11 is 0. The Labute approximate surface area is 128 Å². The Balaban J connectivity index is 1.79. The van der Waals surface area contributed by atoms with Crippen LogP contribution in [0.2, 0.25) is 0 Å². The van der Waals surface area contributed by atoms with Crippen LogP contribution in [0.15, 0.2) is 28.8 Å². The number of rotatable bonds is 4. The van der Waals surface area contributed by atoms with E-state index in [-0.39, 0.29) is 11.9 Å². The maximum absolute atomic E-state index is 13.8. The maximum Gasteiger partial charge on any atom is 0.154 e. The molecule has 3 nitrogen and oxygen atoms in total. The van der Waals surface area contributed by atoms with E-state index in [4.69, 9.17) is 4.52 Å². The van der Waals surface area contributed by atoms with E-state index in [1.54, 1.807) is 0 Å². The van der Waals surface area contributed by atoms with E-state index >= 15 is 0 Å². The van der Waals surface area contributed by atoms with Gasteiger partial charge in [-0.3, -0.25) is 4.90 Å². The molecule has 118 valence electrons. The topological polar surface area (TPSA) is 29.3 Å². The van der Waals surface area contributed by atoms with Gasteiger partial charge in [-0.2, -0.15) is 0 Å². The molecule has 0 N–H and O–H groups in total. The molecular formula is C17H20F2N2O. The quantitative estimate of drug-likeness (QED) is 0.837. The number of hydrogen-bond acceptors (Lipinski definition) is 3. The second-order valence-electron chi connectivity index (χ2n) is 6.17. The first-order valence-corrected chi connectivity index (χ1v) is 7.69. The zero-order chi connectivity index (χ0) is 15.7. The van der Waals surface area contributed by atoms with Crippen molar-refractivity contribution in [2.45, 2.75) is 45.2 Å². The van der Waals surface area contributed by atoms with Crippen molar-refractivity contribution in [1.29, 1.82) is 0 Å². The van der Waals surface area contributed by atoms with Gasteiger partial charge in [-0.15, -0.1) is 0 Å². The smallest absolute Gasteiger partial charge is 0.154 e.